The largest absolute Gasteiger partial charge is 0.368 e. The summed E-state index contributed by atoms with van der Waals surface area (Å²) in [6.07, 6.45) is 0.700. The summed E-state index contributed by atoms with van der Waals surface area (Å²) in [7, 11) is 1.59. The number of carbonyl (C=O) groups is 2. The molecule has 0 fully saturated rings. The van der Waals surface area contributed by atoms with Crippen molar-refractivity contribution in [3.8, 4) is 0 Å². The molecule has 10 heavy (non-hydrogen) atoms. The van der Waals surface area contributed by atoms with Crippen LogP contribution in [0.3, 0.4) is 0 Å². The predicted molar refractivity (Wildman–Crippen MR) is 37.3 cm³/mol. The maximum Gasteiger partial charge on any atom is 0.235 e. The Hall–Kier alpha value is -0.900. The van der Waals surface area contributed by atoms with Gasteiger partial charge in [-0.1, -0.05) is 6.92 Å². The van der Waals surface area contributed by atoms with Crippen molar-refractivity contribution in [3.05, 3.63) is 0 Å². The highest BCUT2D eigenvalue weighted by atomic mass is 16.1. The summed E-state index contributed by atoms with van der Waals surface area (Å²) in [5.41, 5.74) is 4.96. The van der Waals surface area contributed by atoms with Gasteiger partial charge in [-0.3, -0.25) is 4.79 Å². The van der Waals surface area contributed by atoms with Crippen LogP contribution in [0.15, 0.2) is 0 Å². The molecule has 0 rings (SSSR count). The van der Waals surface area contributed by atoms with Crippen LogP contribution in [0.2, 0.25) is 0 Å². The van der Waals surface area contributed by atoms with Gasteiger partial charge in [0.1, 0.15) is 6.29 Å². The van der Waals surface area contributed by atoms with E-state index in [0.717, 1.165) is 0 Å². The van der Waals surface area contributed by atoms with E-state index in [9.17, 15) is 9.59 Å². The summed E-state index contributed by atoms with van der Waals surface area (Å²) < 4.78 is 0. The lowest BCUT2D eigenvalue weighted by Crippen LogP contribution is -2.44. The van der Waals surface area contributed by atoms with Gasteiger partial charge in [0.05, 0.1) is 6.04 Å². The minimum atomic E-state index is -0.544. The fourth-order valence-electron chi connectivity index (χ4n) is 0.743. The fraction of sp³-hybridized carbons (Fsp3) is 0.667. The molecule has 58 valence electrons. The van der Waals surface area contributed by atoms with Crippen molar-refractivity contribution in [2.75, 3.05) is 7.05 Å². The summed E-state index contributed by atoms with van der Waals surface area (Å²) >= 11 is 0. The lowest BCUT2D eigenvalue weighted by Gasteiger charge is -2.13. The van der Waals surface area contributed by atoms with E-state index >= 15 is 0 Å². The second-order valence-corrected chi connectivity index (χ2v) is 2.16. The monoisotopic (exact) mass is 144 g/mol. The van der Waals surface area contributed by atoms with Gasteiger partial charge in [-0.15, -0.1) is 0 Å². The van der Waals surface area contributed by atoms with Crippen LogP contribution in [0, 0.1) is 5.92 Å². The molecular weight excluding hydrogens is 132 g/mol. The molecule has 0 aliphatic heterocycles. The summed E-state index contributed by atoms with van der Waals surface area (Å²) in [6.45, 7) is 1.64. The SMILES string of the molecule is CN[C@H](C(N)=O)C(C)C=O. The molecule has 0 saturated carbocycles. The molecule has 0 aromatic carbocycles. The molecule has 3 N–H and O–H groups in total. The first kappa shape index (κ1) is 9.10. The van der Waals surface area contributed by atoms with Gasteiger partial charge in [-0.25, -0.2) is 0 Å². The van der Waals surface area contributed by atoms with E-state index in [4.69, 9.17) is 5.73 Å². The van der Waals surface area contributed by atoms with Crippen LogP contribution in [0.1, 0.15) is 6.92 Å². The van der Waals surface area contributed by atoms with Crippen molar-refractivity contribution in [1.82, 2.24) is 5.32 Å². The highest BCUT2D eigenvalue weighted by molar-refractivity contribution is 5.83. The van der Waals surface area contributed by atoms with Crippen molar-refractivity contribution < 1.29 is 9.59 Å². The molecule has 0 radical (unpaired) electrons. The Morgan fingerprint density at radius 2 is 2.20 bits per heavy atom. The molecule has 1 amide bonds. The molecule has 0 bridgehead atoms. The van der Waals surface area contributed by atoms with E-state index in [1.54, 1.807) is 14.0 Å². The topological polar surface area (TPSA) is 72.2 Å². The predicted octanol–water partition coefficient (Wildman–Crippen LogP) is -1.11. The smallest absolute Gasteiger partial charge is 0.235 e. The van der Waals surface area contributed by atoms with Crippen LogP contribution >= 0.6 is 0 Å². The van der Waals surface area contributed by atoms with Gasteiger partial charge in [0.25, 0.3) is 0 Å². The quantitative estimate of drug-likeness (QED) is 0.492. The normalized spacial score (nSPS) is 15.8. The Morgan fingerprint density at radius 3 is 2.30 bits per heavy atom. The van der Waals surface area contributed by atoms with E-state index in [1.165, 1.54) is 0 Å². The van der Waals surface area contributed by atoms with Gasteiger partial charge >= 0.3 is 0 Å². The first-order valence-electron chi connectivity index (χ1n) is 3.05. The average Bonchev–Trinajstić information content (AvgIpc) is 1.88. The number of primary amides is 1. The maximum absolute atomic E-state index is 10.5. The molecule has 0 aromatic heterocycles. The van der Waals surface area contributed by atoms with E-state index in [-0.39, 0.29) is 5.92 Å². The van der Waals surface area contributed by atoms with Crippen LogP contribution in [-0.4, -0.2) is 25.3 Å². The molecule has 0 aliphatic carbocycles. The van der Waals surface area contributed by atoms with Gasteiger partial charge < -0.3 is 15.8 Å². The van der Waals surface area contributed by atoms with Crippen molar-refractivity contribution >= 4 is 12.2 Å². The third kappa shape index (κ3) is 2.14. The third-order valence-corrected chi connectivity index (χ3v) is 1.36. The number of aldehydes is 1. The number of likely N-dealkylation sites (N-methyl/N-ethyl adjacent to an activating group) is 1. The lowest BCUT2D eigenvalue weighted by molar-refractivity contribution is -0.124. The van der Waals surface area contributed by atoms with Crippen molar-refractivity contribution in [2.24, 2.45) is 11.7 Å². The Labute approximate surface area is 59.8 Å². The van der Waals surface area contributed by atoms with Gasteiger partial charge in [-0.05, 0) is 7.05 Å². The first-order valence-corrected chi connectivity index (χ1v) is 3.05. The number of hydrogen-bond donors (Lipinski definition) is 2. The van der Waals surface area contributed by atoms with Crippen molar-refractivity contribution in [1.29, 1.82) is 0 Å². The molecule has 4 nitrogen and oxygen atoms in total. The average molecular weight is 144 g/mol. The number of nitrogens with one attached hydrogen (secondary N) is 1. The number of rotatable bonds is 4. The second-order valence-electron chi connectivity index (χ2n) is 2.16. The molecule has 4 heteroatoms. The molecule has 2 atom stereocenters. The number of amides is 1. The van der Waals surface area contributed by atoms with Crippen molar-refractivity contribution in [2.45, 2.75) is 13.0 Å². The molecule has 1 unspecified atom stereocenters. The zero-order valence-electron chi connectivity index (χ0n) is 6.13. The Morgan fingerprint density at radius 1 is 1.70 bits per heavy atom. The van der Waals surface area contributed by atoms with Crippen molar-refractivity contribution in [3.63, 3.8) is 0 Å². The van der Waals surface area contributed by atoms with Gasteiger partial charge in [-0.2, -0.15) is 0 Å². The Kier molecular flexibility index (Phi) is 3.64. The summed E-state index contributed by atoms with van der Waals surface area (Å²) in [5.74, 6) is -0.857. The third-order valence-electron chi connectivity index (χ3n) is 1.36. The highest BCUT2D eigenvalue weighted by Gasteiger charge is 2.19. The van der Waals surface area contributed by atoms with Crippen LogP contribution in [-0.2, 0) is 9.59 Å². The van der Waals surface area contributed by atoms with Crippen LogP contribution in [0.4, 0.5) is 0 Å². The van der Waals surface area contributed by atoms with Gasteiger partial charge in [0, 0.05) is 5.92 Å². The first-order chi connectivity index (χ1) is 4.63. The lowest BCUT2D eigenvalue weighted by atomic mass is 10.0. The Bertz CT molecular complexity index is 136. The van der Waals surface area contributed by atoms with Crippen LogP contribution in [0.5, 0.6) is 0 Å². The number of carbonyl (C=O) groups excluding carboxylic acids is 2. The molecule has 0 aliphatic rings. The molecule has 0 spiro atoms. The number of hydrogen-bond acceptors (Lipinski definition) is 3. The standard InChI is InChI=1S/C6H12N2O2/c1-4(3-9)5(8-2)6(7)10/h3-5,8H,1-2H3,(H2,7,10)/t4?,5-/m0/s1. The van der Waals surface area contributed by atoms with E-state index in [2.05, 4.69) is 5.32 Å². The van der Waals surface area contributed by atoms with Gasteiger partial charge in [0.2, 0.25) is 5.91 Å². The zero-order chi connectivity index (χ0) is 8.15. The molecule has 0 aromatic rings. The molecule has 0 heterocycles. The summed E-state index contributed by atoms with van der Waals surface area (Å²) in [6, 6.07) is -0.544. The summed E-state index contributed by atoms with van der Waals surface area (Å²) in [4.78, 5) is 20.7. The number of nitrogens with two attached hydrogens (primary N) is 1. The minimum absolute atomic E-state index is 0.359. The maximum atomic E-state index is 10.5. The molecule has 0 saturated heterocycles. The molecular formula is C6H12N2O2. The Balaban J connectivity index is 4.05. The van der Waals surface area contributed by atoms with Crippen LogP contribution in [0.25, 0.3) is 0 Å². The zero-order valence-corrected chi connectivity index (χ0v) is 6.13. The van der Waals surface area contributed by atoms with E-state index < -0.39 is 11.9 Å². The fourth-order valence-corrected chi connectivity index (χ4v) is 0.743. The highest BCUT2D eigenvalue weighted by Crippen LogP contribution is 1.96. The van der Waals surface area contributed by atoms with E-state index in [1.807, 2.05) is 0 Å². The second kappa shape index (κ2) is 4.00. The minimum Gasteiger partial charge on any atom is -0.368 e. The summed E-state index contributed by atoms with van der Waals surface area (Å²) in [5, 5.41) is 2.65. The van der Waals surface area contributed by atoms with E-state index in [0.29, 0.717) is 6.29 Å². The van der Waals surface area contributed by atoms with Gasteiger partial charge in [0.15, 0.2) is 0 Å². The van der Waals surface area contributed by atoms with Crippen LogP contribution < -0.4 is 11.1 Å².